The maximum absolute atomic E-state index is 12.2. The van der Waals surface area contributed by atoms with Crippen molar-refractivity contribution >= 4 is 28.6 Å². The van der Waals surface area contributed by atoms with E-state index < -0.39 is 16.1 Å². The van der Waals surface area contributed by atoms with E-state index in [4.69, 9.17) is 4.42 Å². The van der Waals surface area contributed by atoms with Gasteiger partial charge in [0.05, 0.1) is 17.4 Å². The fourth-order valence-corrected chi connectivity index (χ4v) is 5.55. The molecule has 44 heavy (non-hydrogen) atoms. The van der Waals surface area contributed by atoms with Crippen molar-refractivity contribution in [3.63, 3.8) is 0 Å². The second kappa shape index (κ2) is 18.0. The Labute approximate surface area is 260 Å². The zero-order chi connectivity index (χ0) is 32.7. The maximum Gasteiger partial charge on any atom is 0.286 e. The van der Waals surface area contributed by atoms with Crippen LogP contribution in [-0.4, -0.2) is 66.8 Å². The number of carbonyl (C=O) groups is 3. The molecule has 2 aromatic carbocycles. The monoisotopic (exact) mass is 627 g/mol. The lowest BCUT2D eigenvalue weighted by Gasteiger charge is -2.17. The SMILES string of the molecule is CC(C)C(C)NS(=O)(=O)c1ccccc1.CC(C)C(NC=O)C(=O)c1nnc(Cc2ccccc2)o1.C[C@@H]1CCCN1C=O. The van der Waals surface area contributed by atoms with Crippen molar-refractivity contribution in [1.82, 2.24) is 25.1 Å². The Bertz CT molecular complexity index is 1400. The first-order valence-corrected chi connectivity index (χ1v) is 16.3. The summed E-state index contributed by atoms with van der Waals surface area (Å²) >= 11 is 0. The summed E-state index contributed by atoms with van der Waals surface area (Å²) in [5.74, 6) is 0.145. The van der Waals surface area contributed by atoms with E-state index in [-0.39, 0.29) is 29.6 Å². The quantitative estimate of drug-likeness (QED) is 0.223. The number of hydrogen-bond donors (Lipinski definition) is 2. The number of hydrogen-bond acceptors (Lipinski definition) is 8. The molecule has 2 heterocycles. The van der Waals surface area contributed by atoms with Crippen LogP contribution in [0.5, 0.6) is 0 Å². The molecule has 3 atom stereocenters. The maximum atomic E-state index is 12.2. The highest BCUT2D eigenvalue weighted by Gasteiger charge is 2.27. The molecule has 11 nitrogen and oxygen atoms in total. The molecule has 4 rings (SSSR count). The van der Waals surface area contributed by atoms with Gasteiger partial charge < -0.3 is 14.6 Å². The third-order valence-corrected chi connectivity index (χ3v) is 8.78. The number of Topliss-reactive ketones (excluding diaryl/α,β-unsaturated/α-hetero) is 1. The van der Waals surface area contributed by atoms with Gasteiger partial charge in [-0.3, -0.25) is 14.4 Å². The lowest BCUT2D eigenvalue weighted by Crippen LogP contribution is -2.40. The Hall–Kier alpha value is -3.90. The van der Waals surface area contributed by atoms with Gasteiger partial charge in [0, 0.05) is 18.6 Å². The number of likely N-dealkylation sites (tertiary alicyclic amines) is 1. The minimum absolute atomic E-state index is 0.0600. The van der Waals surface area contributed by atoms with Gasteiger partial charge in [-0.2, -0.15) is 0 Å². The van der Waals surface area contributed by atoms with E-state index in [1.807, 2.05) is 69.9 Å². The molecule has 2 N–H and O–H groups in total. The summed E-state index contributed by atoms with van der Waals surface area (Å²) in [5.41, 5.74) is 1.02. The van der Waals surface area contributed by atoms with Gasteiger partial charge in [-0.1, -0.05) is 76.2 Å². The van der Waals surface area contributed by atoms with Crippen LogP contribution in [0.1, 0.15) is 76.5 Å². The molecule has 3 aromatic rings. The number of aromatic nitrogens is 2. The number of ketones is 1. The van der Waals surface area contributed by atoms with Crippen molar-refractivity contribution in [2.24, 2.45) is 11.8 Å². The fourth-order valence-electron chi connectivity index (χ4n) is 4.13. The minimum atomic E-state index is -3.35. The standard InChI is InChI=1S/C15H17N3O3.C11H17NO2S.C6H11NO/c1-10(2)13(16-9-19)14(20)15-18-17-12(21-15)8-11-6-4-3-5-7-11;1-9(2)10(3)12-15(13,14)11-7-5-4-6-8-11;1-6-3-2-4-7(6)5-8/h3-7,9-10,13H,8H2,1-2H3,(H,16,19);4-10,12H,1-3H3;5-6H,2-4H2,1H3/t;;6-/m..1/s1. The van der Waals surface area contributed by atoms with Gasteiger partial charge in [-0.05, 0) is 56.2 Å². The lowest BCUT2D eigenvalue weighted by molar-refractivity contribution is -0.118. The van der Waals surface area contributed by atoms with Crippen LogP contribution in [0.3, 0.4) is 0 Å². The van der Waals surface area contributed by atoms with E-state index >= 15 is 0 Å². The Morgan fingerprint density at radius 3 is 2.07 bits per heavy atom. The highest BCUT2D eigenvalue weighted by Crippen LogP contribution is 2.14. The summed E-state index contributed by atoms with van der Waals surface area (Å²) < 4.78 is 31.7. The van der Waals surface area contributed by atoms with Crippen molar-refractivity contribution in [1.29, 1.82) is 0 Å². The zero-order valence-corrected chi connectivity index (χ0v) is 27.2. The van der Waals surface area contributed by atoms with E-state index in [1.165, 1.54) is 12.8 Å². The number of benzene rings is 2. The lowest BCUT2D eigenvalue weighted by atomic mass is 10.0. The third-order valence-electron chi connectivity index (χ3n) is 7.21. The molecular weight excluding hydrogens is 582 g/mol. The molecule has 12 heteroatoms. The molecule has 1 aromatic heterocycles. The van der Waals surface area contributed by atoms with Crippen LogP contribution in [0.25, 0.3) is 0 Å². The Morgan fingerprint density at radius 2 is 1.59 bits per heavy atom. The molecule has 1 aliphatic rings. The highest BCUT2D eigenvalue weighted by atomic mass is 32.2. The van der Waals surface area contributed by atoms with Crippen LogP contribution < -0.4 is 10.0 Å². The molecule has 1 aliphatic heterocycles. The molecule has 0 radical (unpaired) electrons. The molecule has 0 aliphatic carbocycles. The van der Waals surface area contributed by atoms with Gasteiger partial charge in [0.25, 0.3) is 5.89 Å². The summed E-state index contributed by atoms with van der Waals surface area (Å²) in [4.78, 5) is 35.1. The molecule has 2 amide bonds. The van der Waals surface area contributed by atoms with Gasteiger partial charge in [-0.25, -0.2) is 13.1 Å². The first-order chi connectivity index (χ1) is 20.9. The van der Waals surface area contributed by atoms with Crippen LogP contribution >= 0.6 is 0 Å². The van der Waals surface area contributed by atoms with Crippen molar-refractivity contribution in [2.45, 2.75) is 83.8 Å². The topological polar surface area (TPSA) is 152 Å². The predicted octanol–water partition coefficient (Wildman–Crippen LogP) is 4.25. The minimum Gasteiger partial charge on any atom is -0.418 e. The average molecular weight is 628 g/mol. The molecule has 1 fully saturated rings. The Morgan fingerprint density at radius 1 is 0.977 bits per heavy atom. The Kier molecular flexibility index (Phi) is 14.9. The second-order valence-corrected chi connectivity index (χ2v) is 13.0. The van der Waals surface area contributed by atoms with Gasteiger partial charge in [0.1, 0.15) is 0 Å². The van der Waals surface area contributed by atoms with E-state index in [0.29, 0.717) is 29.7 Å². The van der Waals surface area contributed by atoms with Crippen LogP contribution in [0.15, 0.2) is 70.0 Å². The molecule has 240 valence electrons. The summed E-state index contributed by atoms with van der Waals surface area (Å²) in [5, 5.41) is 10.1. The van der Waals surface area contributed by atoms with Crippen LogP contribution in [0, 0.1) is 11.8 Å². The van der Waals surface area contributed by atoms with Gasteiger partial charge in [-0.15, -0.1) is 10.2 Å². The van der Waals surface area contributed by atoms with E-state index in [1.54, 1.807) is 30.3 Å². The van der Waals surface area contributed by atoms with Crippen LogP contribution in [0.2, 0.25) is 0 Å². The zero-order valence-electron chi connectivity index (χ0n) is 26.3. The predicted molar refractivity (Wildman–Crippen MR) is 168 cm³/mol. The summed E-state index contributed by atoms with van der Waals surface area (Å²) in [6.07, 6.45) is 4.27. The van der Waals surface area contributed by atoms with Crippen LogP contribution in [-0.2, 0) is 26.0 Å². The van der Waals surface area contributed by atoms with Gasteiger partial charge in [0.2, 0.25) is 34.5 Å². The van der Waals surface area contributed by atoms with Crippen molar-refractivity contribution < 1.29 is 27.2 Å². The van der Waals surface area contributed by atoms with Crippen molar-refractivity contribution in [3.8, 4) is 0 Å². The smallest absolute Gasteiger partial charge is 0.286 e. The highest BCUT2D eigenvalue weighted by molar-refractivity contribution is 7.89. The van der Waals surface area contributed by atoms with E-state index in [9.17, 15) is 22.8 Å². The van der Waals surface area contributed by atoms with Crippen molar-refractivity contribution in [3.05, 3.63) is 78.0 Å². The molecular formula is C32H45N5O6S. The number of nitrogens with zero attached hydrogens (tertiary/aromatic N) is 3. The normalized spacial score (nSPS) is 15.8. The summed E-state index contributed by atoms with van der Waals surface area (Å²) in [6, 6.07) is 17.8. The third kappa shape index (κ3) is 11.6. The first-order valence-electron chi connectivity index (χ1n) is 14.8. The molecule has 0 spiro atoms. The first kappa shape index (κ1) is 36.3. The second-order valence-electron chi connectivity index (χ2n) is 11.3. The Balaban J connectivity index is 0.000000254. The van der Waals surface area contributed by atoms with Gasteiger partial charge in [0.15, 0.2) is 0 Å². The van der Waals surface area contributed by atoms with Gasteiger partial charge >= 0.3 is 0 Å². The summed E-state index contributed by atoms with van der Waals surface area (Å²) in [6.45, 7) is 12.5. The summed E-state index contributed by atoms with van der Waals surface area (Å²) in [7, 11) is -3.35. The van der Waals surface area contributed by atoms with E-state index in [0.717, 1.165) is 18.5 Å². The largest absolute Gasteiger partial charge is 0.418 e. The number of carbonyl (C=O) groups excluding carboxylic acids is 3. The van der Waals surface area contributed by atoms with Crippen LogP contribution in [0.4, 0.5) is 0 Å². The van der Waals surface area contributed by atoms with E-state index in [2.05, 4.69) is 27.2 Å². The fraction of sp³-hybridized carbons (Fsp3) is 0.469. The number of nitrogens with one attached hydrogen (secondary N) is 2. The number of amides is 2. The molecule has 1 saturated heterocycles. The van der Waals surface area contributed by atoms with Crippen molar-refractivity contribution in [2.75, 3.05) is 6.54 Å². The molecule has 2 unspecified atom stereocenters. The number of rotatable bonds is 12. The average Bonchev–Trinajstić information content (AvgIpc) is 3.65. The molecule has 0 saturated carbocycles. The number of sulfonamides is 1. The molecule has 0 bridgehead atoms.